The van der Waals surface area contributed by atoms with E-state index in [0.29, 0.717) is 19.8 Å². The second kappa shape index (κ2) is 9.42. The van der Waals surface area contributed by atoms with E-state index in [1.54, 1.807) is 7.11 Å². The summed E-state index contributed by atoms with van der Waals surface area (Å²) in [6.45, 7) is 4.05. The Labute approximate surface area is 117 Å². The number of alkyl halides is 1. The average Bonchev–Trinajstić information content (AvgIpc) is 2.39. The van der Waals surface area contributed by atoms with Gasteiger partial charge in [0, 0.05) is 36.3 Å². The van der Waals surface area contributed by atoms with Crippen molar-refractivity contribution in [1.29, 1.82) is 0 Å². The zero-order valence-corrected chi connectivity index (χ0v) is 12.7. The number of hydrogen-bond donors (Lipinski definition) is 0. The largest absolute Gasteiger partial charge is 0.382 e. The quantitative estimate of drug-likeness (QED) is 0.519. The SMILES string of the molecule is CCCc1nc(CCOCCOC)ncc1CBr. The molecule has 0 spiro atoms. The lowest BCUT2D eigenvalue weighted by atomic mass is 10.1. The summed E-state index contributed by atoms with van der Waals surface area (Å²) >= 11 is 3.47. The summed E-state index contributed by atoms with van der Waals surface area (Å²) in [5, 5.41) is 0.812. The van der Waals surface area contributed by atoms with Crippen LogP contribution in [0.3, 0.4) is 0 Å². The fourth-order valence-corrected chi connectivity index (χ4v) is 2.04. The topological polar surface area (TPSA) is 44.2 Å². The molecule has 0 aromatic carbocycles. The third-order valence-electron chi connectivity index (χ3n) is 2.54. The molecule has 0 atom stereocenters. The molecule has 0 unspecified atom stereocenters. The Morgan fingerprint density at radius 2 is 2.06 bits per heavy atom. The molecule has 0 aliphatic rings. The van der Waals surface area contributed by atoms with Crippen LogP contribution in [0.5, 0.6) is 0 Å². The average molecular weight is 317 g/mol. The number of rotatable bonds is 9. The van der Waals surface area contributed by atoms with E-state index in [4.69, 9.17) is 9.47 Å². The van der Waals surface area contributed by atoms with Gasteiger partial charge in [-0.05, 0) is 6.42 Å². The van der Waals surface area contributed by atoms with Crippen LogP contribution in [0.1, 0.15) is 30.4 Å². The maximum atomic E-state index is 5.42. The maximum Gasteiger partial charge on any atom is 0.130 e. The summed E-state index contributed by atoms with van der Waals surface area (Å²) in [5.74, 6) is 0.862. The molecule has 0 bridgehead atoms. The molecule has 1 aromatic rings. The molecule has 0 N–H and O–H groups in total. The van der Waals surface area contributed by atoms with Crippen LogP contribution in [0.2, 0.25) is 0 Å². The Balaban J connectivity index is 2.48. The van der Waals surface area contributed by atoms with E-state index in [0.717, 1.165) is 36.1 Å². The van der Waals surface area contributed by atoms with Gasteiger partial charge < -0.3 is 9.47 Å². The second-order valence-electron chi connectivity index (χ2n) is 4.00. The lowest BCUT2D eigenvalue weighted by molar-refractivity contribution is 0.0716. The zero-order valence-electron chi connectivity index (χ0n) is 11.1. The van der Waals surface area contributed by atoms with Crippen LogP contribution >= 0.6 is 15.9 Å². The first kappa shape index (κ1) is 15.5. The highest BCUT2D eigenvalue weighted by Crippen LogP contribution is 2.12. The molecule has 0 saturated heterocycles. The number of hydrogen-bond acceptors (Lipinski definition) is 4. The van der Waals surface area contributed by atoms with Crippen molar-refractivity contribution in [3.63, 3.8) is 0 Å². The minimum atomic E-state index is 0.623. The van der Waals surface area contributed by atoms with Crippen molar-refractivity contribution in [3.05, 3.63) is 23.3 Å². The Kier molecular flexibility index (Phi) is 8.13. The Hall–Kier alpha value is -0.520. The maximum absolute atomic E-state index is 5.42. The normalized spacial score (nSPS) is 10.8. The molecular weight excluding hydrogens is 296 g/mol. The number of aryl methyl sites for hydroxylation is 1. The number of nitrogens with zero attached hydrogens (tertiary/aromatic N) is 2. The highest BCUT2D eigenvalue weighted by Gasteiger charge is 2.05. The molecule has 0 fully saturated rings. The molecule has 4 nitrogen and oxygen atoms in total. The molecule has 18 heavy (non-hydrogen) atoms. The summed E-state index contributed by atoms with van der Waals surface area (Å²) in [4.78, 5) is 8.96. The van der Waals surface area contributed by atoms with Gasteiger partial charge in [0.05, 0.1) is 19.8 Å². The van der Waals surface area contributed by atoms with Crippen molar-refractivity contribution >= 4 is 15.9 Å². The Morgan fingerprint density at radius 1 is 1.22 bits per heavy atom. The smallest absolute Gasteiger partial charge is 0.130 e. The number of methoxy groups -OCH3 is 1. The fourth-order valence-electron chi connectivity index (χ4n) is 1.58. The van der Waals surface area contributed by atoms with Crippen molar-refractivity contribution in [1.82, 2.24) is 9.97 Å². The molecule has 0 aliphatic heterocycles. The van der Waals surface area contributed by atoms with Gasteiger partial charge in [-0.1, -0.05) is 29.3 Å². The molecule has 0 aliphatic carbocycles. The minimum Gasteiger partial charge on any atom is -0.382 e. The predicted molar refractivity (Wildman–Crippen MR) is 75.1 cm³/mol. The molecule has 102 valence electrons. The van der Waals surface area contributed by atoms with E-state index in [1.165, 1.54) is 5.56 Å². The molecule has 0 radical (unpaired) electrons. The van der Waals surface area contributed by atoms with Crippen molar-refractivity contribution in [2.24, 2.45) is 0 Å². The van der Waals surface area contributed by atoms with Gasteiger partial charge >= 0.3 is 0 Å². The standard InChI is InChI=1S/C13H21BrN2O2/c1-3-4-12-11(9-14)10-15-13(16-12)5-6-18-8-7-17-2/h10H,3-9H2,1-2H3. The van der Waals surface area contributed by atoms with E-state index in [2.05, 4.69) is 32.8 Å². The van der Waals surface area contributed by atoms with E-state index in [9.17, 15) is 0 Å². The summed E-state index contributed by atoms with van der Waals surface area (Å²) in [7, 11) is 1.67. The summed E-state index contributed by atoms with van der Waals surface area (Å²) in [5.41, 5.74) is 2.33. The van der Waals surface area contributed by atoms with Gasteiger partial charge in [0.15, 0.2) is 0 Å². The second-order valence-corrected chi connectivity index (χ2v) is 4.56. The molecule has 0 amide bonds. The van der Waals surface area contributed by atoms with Gasteiger partial charge in [-0.2, -0.15) is 0 Å². The summed E-state index contributed by atoms with van der Waals surface area (Å²) < 4.78 is 10.3. The lowest BCUT2D eigenvalue weighted by Crippen LogP contribution is -2.09. The van der Waals surface area contributed by atoms with Crippen LogP contribution < -0.4 is 0 Å². The molecule has 5 heteroatoms. The first-order chi connectivity index (χ1) is 8.81. The number of halogens is 1. The first-order valence-corrected chi connectivity index (χ1v) is 7.40. The van der Waals surface area contributed by atoms with Crippen molar-refractivity contribution < 1.29 is 9.47 Å². The van der Waals surface area contributed by atoms with E-state index < -0.39 is 0 Å². The van der Waals surface area contributed by atoms with E-state index >= 15 is 0 Å². The van der Waals surface area contributed by atoms with Crippen LogP contribution in [0.4, 0.5) is 0 Å². The third kappa shape index (κ3) is 5.42. The highest BCUT2D eigenvalue weighted by atomic mass is 79.9. The van der Waals surface area contributed by atoms with Crippen LogP contribution in [0.15, 0.2) is 6.20 Å². The molecule has 0 saturated carbocycles. The molecule has 1 aromatic heterocycles. The van der Waals surface area contributed by atoms with Gasteiger partial charge in [-0.15, -0.1) is 0 Å². The van der Waals surface area contributed by atoms with Crippen LogP contribution in [-0.2, 0) is 27.6 Å². The van der Waals surface area contributed by atoms with Crippen molar-refractivity contribution in [2.45, 2.75) is 31.5 Å². The third-order valence-corrected chi connectivity index (χ3v) is 3.14. The van der Waals surface area contributed by atoms with Gasteiger partial charge in [-0.3, -0.25) is 0 Å². The fraction of sp³-hybridized carbons (Fsp3) is 0.692. The predicted octanol–water partition coefficient (Wildman–Crippen LogP) is 2.53. The van der Waals surface area contributed by atoms with Crippen molar-refractivity contribution in [3.8, 4) is 0 Å². The van der Waals surface area contributed by atoms with Gasteiger partial charge in [-0.25, -0.2) is 9.97 Å². The van der Waals surface area contributed by atoms with Crippen molar-refractivity contribution in [2.75, 3.05) is 26.9 Å². The highest BCUT2D eigenvalue weighted by molar-refractivity contribution is 9.08. The van der Waals surface area contributed by atoms with Crippen LogP contribution in [-0.4, -0.2) is 36.9 Å². The monoisotopic (exact) mass is 316 g/mol. The van der Waals surface area contributed by atoms with Gasteiger partial charge in [0.1, 0.15) is 5.82 Å². The number of ether oxygens (including phenoxy) is 2. The van der Waals surface area contributed by atoms with Crippen LogP contribution in [0, 0.1) is 0 Å². The van der Waals surface area contributed by atoms with E-state index in [-0.39, 0.29) is 0 Å². The minimum absolute atomic E-state index is 0.623. The Morgan fingerprint density at radius 3 is 2.72 bits per heavy atom. The zero-order chi connectivity index (χ0) is 13.2. The first-order valence-electron chi connectivity index (χ1n) is 6.28. The number of aromatic nitrogens is 2. The van der Waals surface area contributed by atoms with Gasteiger partial charge in [0.2, 0.25) is 0 Å². The Bertz CT molecular complexity index is 348. The van der Waals surface area contributed by atoms with Crippen LogP contribution in [0.25, 0.3) is 0 Å². The lowest BCUT2D eigenvalue weighted by Gasteiger charge is -2.08. The van der Waals surface area contributed by atoms with E-state index in [1.807, 2.05) is 6.20 Å². The molecule has 1 rings (SSSR count). The molecular formula is C13H21BrN2O2. The van der Waals surface area contributed by atoms with Gasteiger partial charge in [0.25, 0.3) is 0 Å². The molecule has 1 heterocycles. The summed E-state index contributed by atoms with van der Waals surface area (Å²) in [6, 6.07) is 0. The summed E-state index contributed by atoms with van der Waals surface area (Å²) in [6.07, 6.45) is 4.77.